The van der Waals surface area contributed by atoms with Crippen molar-refractivity contribution in [3.63, 3.8) is 0 Å². The average Bonchev–Trinajstić information content (AvgIpc) is 2.87. The molecule has 25 heavy (non-hydrogen) atoms. The molecule has 0 saturated heterocycles. The largest absolute Gasteiger partial charge is 0.633 e. The van der Waals surface area contributed by atoms with Crippen molar-refractivity contribution in [2.45, 2.75) is 6.10 Å². The van der Waals surface area contributed by atoms with Crippen LogP contribution < -0.4 is 4.74 Å². The number of aliphatic hydroxyl groups excluding tert-OH is 1. The van der Waals surface area contributed by atoms with E-state index in [1.165, 1.54) is 0 Å². The first-order valence-electron chi connectivity index (χ1n) is 8.45. The standard InChI is InChI=1S/C21H21NO3/c1-22(2,24)11-12-25-19-13-18-20(15-8-4-3-7-14(15)19)16-9-5-6-10-17(16)21(18)23/h3-10,13,21,23H,11-12H2,1-2H3. The molecule has 0 heterocycles. The van der Waals surface area contributed by atoms with Gasteiger partial charge in [-0.2, -0.15) is 0 Å². The van der Waals surface area contributed by atoms with E-state index >= 15 is 0 Å². The second kappa shape index (κ2) is 5.85. The number of likely N-dealkylation sites (N-methyl/N-ethyl adjacent to an activating group) is 1. The van der Waals surface area contributed by atoms with Gasteiger partial charge in [0.05, 0.1) is 14.1 Å². The number of nitrogens with zero attached hydrogens (tertiary/aromatic N) is 1. The fourth-order valence-corrected chi connectivity index (χ4v) is 3.50. The minimum absolute atomic E-state index is 0.336. The van der Waals surface area contributed by atoms with E-state index in [1.54, 1.807) is 14.1 Å². The minimum atomic E-state index is -0.648. The van der Waals surface area contributed by atoms with Gasteiger partial charge in [0.25, 0.3) is 0 Å². The smallest absolute Gasteiger partial charge is 0.137 e. The normalized spacial score (nSPS) is 15.9. The van der Waals surface area contributed by atoms with E-state index in [1.807, 2.05) is 42.5 Å². The summed E-state index contributed by atoms with van der Waals surface area (Å²) in [6, 6.07) is 17.9. The van der Waals surface area contributed by atoms with E-state index in [9.17, 15) is 10.3 Å². The highest BCUT2D eigenvalue weighted by atomic mass is 16.5. The molecule has 0 aliphatic heterocycles. The second-order valence-corrected chi connectivity index (χ2v) is 7.02. The number of hydrogen-bond acceptors (Lipinski definition) is 3. The fourth-order valence-electron chi connectivity index (χ4n) is 3.50. The first-order chi connectivity index (χ1) is 12.0. The molecule has 0 amide bonds. The molecule has 1 N–H and O–H groups in total. The number of ether oxygens (including phenoxy) is 1. The van der Waals surface area contributed by atoms with E-state index in [0.29, 0.717) is 13.2 Å². The predicted molar refractivity (Wildman–Crippen MR) is 99.3 cm³/mol. The molecule has 4 heteroatoms. The third kappa shape index (κ3) is 2.78. The molecule has 4 rings (SSSR count). The Bertz CT molecular complexity index is 944. The highest BCUT2D eigenvalue weighted by molar-refractivity contribution is 6.04. The van der Waals surface area contributed by atoms with Gasteiger partial charge in [0, 0.05) is 5.39 Å². The molecule has 0 spiro atoms. The lowest BCUT2D eigenvalue weighted by Gasteiger charge is -2.33. The van der Waals surface area contributed by atoms with E-state index in [4.69, 9.17) is 4.74 Å². The summed E-state index contributed by atoms with van der Waals surface area (Å²) in [4.78, 5) is 0. The topological polar surface area (TPSA) is 52.5 Å². The molecular formula is C21H21NO3. The van der Waals surface area contributed by atoms with Gasteiger partial charge < -0.3 is 19.7 Å². The van der Waals surface area contributed by atoms with E-state index in [2.05, 4.69) is 12.1 Å². The molecule has 0 saturated carbocycles. The second-order valence-electron chi connectivity index (χ2n) is 7.02. The number of benzene rings is 3. The molecule has 1 aliphatic carbocycles. The van der Waals surface area contributed by atoms with Gasteiger partial charge in [-0.3, -0.25) is 0 Å². The van der Waals surface area contributed by atoms with Gasteiger partial charge in [-0.25, -0.2) is 0 Å². The van der Waals surface area contributed by atoms with Gasteiger partial charge in [-0.05, 0) is 33.7 Å². The Kier molecular flexibility index (Phi) is 3.76. The summed E-state index contributed by atoms with van der Waals surface area (Å²) in [7, 11) is 3.20. The third-order valence-electron chi connectivity index (χ3n) is 4.74. The van der Waals surface area contributed by atoms with Crippen molar-refractivity contribution >= 4 is 10.8 Å². The highest BCUT2D eigenvalue weighted by Crippen LogP contribution is 2.49. The summed E-state index contributed by atoms with van der Waals surface area (Å²) in [6.45, 7) is 0.705. The minimum Gasteiger partial charge on any atom is -0.633 e. The number of hydroxylamine groups is 3. The van der Waals surface area contributed by atoms with Crippen molar-refractivity contribution in [1.29, 1.82) is 0 Å². The SMILES string of the molecule is C[N+](C)([O-])CCOc1cc2c(c3ccccc13)-c1ccccc1C2O. The van der Waals surface area contributed by atoms with Gasteiger partial charge >= 0.3 is 0 Å². The van der Waals surface area contributed by atoms with E-state index in [0.717, 1.165) is 38.8 Å². The maximum absolute atomic E-state index is 11.8. The van der Waals surface area contributed by atoms with Crippen LogP contribution in [0.15, 0.2) is 54.6 Å². The maximum Gasteiger partial charge on any atom is 0.137 e. The Morgan fingerprint density at radius 2 is 1.68 bits per heavy atom. The molecule has 3 aromatic rings. The highest BCUT2D eigenvalue weighted by Gasteiger charge is 2.29. The Balaban J connectivity index is 1.84. The Hall–Kier alpha value is -2.40. The van der Waals surface area contributed by atoms with Crippen molar-refractivity contribution in [2.24, 2.45) is 0 Å². The summed E-state index contributed by atoms with van der Waals surface area (Å²) >= 11 is 0. The van der Waals surface area contributed by atoms with Crippen LogP contribution in [0, 0.1) is 5.21 Å². The van der Waals surface area contributed by atoms with Gasteiger partial charge in [0.15, 0.2) is 0 Å². The van der Waals surface area contributed by atoms with Crippen molar-refractivity contribution in [1.82, 2.24) is 0 Å². The van der Waals surface area contributed by atoms with Crippen LogP contribution in [0.1, 0.15) is 17.2 Å². The van der Waals surface area contributed by atoms with Gasteiger partial charge in [0.1, 0.15) is 25.0 Å². The van der Waals surface area contributed by atoms with E-state index in [-0.39, 0.29) is 0 Å². The first kappa shape index (κ1) is 16.1. The van der Waals surface area contributed by atoms with Crippen molar-refractivity contribution < 1.29 is 14.5 Å². The van der Waals surface area contributed by atoms with Crippen molar-refractivity contribution in [3.8, 4) is 16.9 Å². The van der Waals surface area contributed by atoms with E-state index < -0.39 is 10.8 Å². The Morgan fingerprint density at radius 1 is 1.00 bits per heavy atom. The van der Waals surface area contributed by atoms with Gasteiger partial charge in [0.2, 0.25) is 0 Å². The molecule has 4 nitrogen and oxygen atoms in total. The molecule has 3 aromatic carbocycles. The maximum atomic E-state index is 11.8. The van der Waals surface area contributed by atoms with Crippen LogP contribution in [-0.4, -0.2) is 37.0 Å². The van der Waals surface area contributed by atoms with Crippen molar-refractivity contribution in [3.05, 3.63) is 70.9 Å². The third-order valence-corrected chi connectivity index (χ3v) is 4.74. The Labute approximate surface area is 147 Å². The van der Waals surface area contributed by atoms with Crippen LogP contribution >= 0.6 is 0 Å². The lowest BCUT2D eigenvalue weighted by molar-refractivity contribution is -0.840. The van der Waals surface area contributed by atoms with Crippen LogP contribution in [0.25, 0.3) is 21.9 Å². The molecule has 0 radical (unpaired) electrons. The predicted octanol–water partition coefficient (Wildman–Crippen LogP) is 3.85. The molecular weight excluding hydrogens is 314 g/mol. The summed E-state index contributed by atoms with van der Waals surface area (Å²) < 4.78 is 5.55. The molecule has 1 aliphatic rings. The quantitative estimate of drug-likeness (QED) is 0.582. The first-order valence-corrected chi connectivity index (χ1v) is 8.45. The summed E-state index contributed by atoms with van der Waals surface area (Å²) in [5, 5.41) is 24.6. The van der Waals surface area contributed by atoms with Gasteiger partial charge in [-0.15, -0.1) is 0 Å². The zero-order chi connectivity index (χ0) is 17.6. The number of rotatable bonds is 4. The van der Waals surface area contributed by atoms with Gasteiger partial charge in [-0.1, -0.05) is 48.5 Å². The molecule has 0 aromatic heterocycles. The zero-order valence-electron chi connectivity index (χ0n) is 14.4. The molecule has 128 valence electrons. The number of fused-ring (bicyclic) bond motifs is 5. The van der Waals surface area contributed by atoms with Crippen LogP contribution in [0.2, 0.25) is 0 Å². The number of hydrogen-bond donors (Lipinski definition) is 1. The lowest BCUT2D eigenvalue weighted by Crippen LogP contribution is -2.36. The lowest BCUT2D eigenvalue weighted by atomic mass is 9.97. The molecule has 0 bridgehead atoms. The van der Waals surface area contributed by atoms with Crippen LogP contribution in [0.4, 0.5) is 0 Å². The summed E-state index contributed by atoms with van der Waals surface area (Å²) in [5.74, 6) is 0.717. The van der Waals surface area contributed by atoms with Crippen LogP contribution in [0.5, 0.6) is 5.75 Å². The zero-order valence-corrected chi connectivity index (χ0v) is 14.4. The number of quaternary nitrogens is 1. The average molecular weight is 335 g/mol. The molecule has 0 fully saturated rings. The fraction of sp³-hybridized carbons (Fsp3) is 0.238. The summed E-state index contributed by atoms with van der Waals surface area (Å²) in [5.41, 5.74) is 3.94. The molecule has 1 unspecified atom stereocenters. The monoisotopic (exact) mass is 335 g/mol. The Morgan fingerprint density at radius 3 is 2.44 bits per heavy atom. The van der Waals surface area contributed by atoms with Crippen molar-refractivity contribution in [2.75, 3.05) is 27.2 Å². The molecule has 1 atom stereocenters. The summed E-state index contributed by atoms with van der Waals surface area (Å²) in [6.07, 6.45) is -0.648. The van der Waals surface area contributed by atoms with Crippen LogP contribution in [-0.2, 0) is 0 Å². The van der Waals surface area contributed by atoms with Crippen LogP contribution in [0.3, 0.4) is 0 Å². The number of aliphatic hydroxyl groups is 1.